The molecule has 154 valence electrons. The lowest BCUT2D eigenvalue weighted by Crippen LogP contribution is -2.40. The van der Waals surface area contributed by atoms with Gasteiger partial charge >= 0.3 is 16.1 Å². The minimum absolute atomic E-state index is 0.0226. The van der Waals surface area contributed by atoms with Crippen LogP contribution in [0.4, 0.5) is 10.5 Å². The summed E-state index contributed by atoms with van der Waals surface area (Å²) < 4.78 is 28.1. The van der Waals surface area contributed by atoms with Crippen LogP contribution in [0.5, 0.6) is 5.75 Å². The second-order valence-electron chi connectivity index (χ2n) is 6.58. The van der Waals surface area contributed by atoms with Crippen LogP contribution >= 0.6 is 0 Å². The third-order valence-electron chi connectivity index (χ3n) is 4.48. The molecule has 2 aromatic rings. The van der Waals surface area contributed by atoms with Gasteiger partial charge in [-0.3, -0.25) is 0 Å². The summed E-state index contributed by atoms with van der Waals surface area (Å²) in [5, 5.41) is 11.8. The molecular formula is C21H25N3O4S. The summed E-state index contributed by atoms with van der Waals surface area (Å²) in [6.07, 6.45) is 0.765. The van der Waals surface area contributed by atoms with E-state index >= 15 is 0 Å². The smallest absolute Gasteiger partial charge is 0.322 e. The van der Waals surface area contributed by atoms with E-state index in [4.69, 9.17) is 9.44 Å². The van der Waals surface area contributed by atoms with E-state index in [1.165, 1.54) is 6.92 Å². The first-order chi connectivity index (χ1) is 13.8. The van der Waals surface area contributed by atoms with Crippen LogP contribution in [0.1, 0.15) is 38.3 Å². The maximum Gasteiger partial charge on any atom is 0.322 e. The Balaban J connectivity index is 2.14. The Hall–Kier alpha value is -3.05. The van der Waals surface area contributed by atoms with Crippen LogP contribution < -0.4 is 9.50 Å². The number of nitriles is 1. The molecule has 0 heterocycles. The molecule has 2 aromatic carbocycles. The molecule has 0 aliphatic heterocycles. The normalized spacial score (nSPS) is 11.9. The van der Waals surface area contributed by atoms with Crippen LogP contribution in [0.25, 0.3) is 0 Å². The van der Waals surface area contributed by atoms with Gasteiger partial charge in [0.2, 0.25) is 0 Å². The topological polar surface area (TPSA) is 99.5 Å². The molecule has 2 amide bonds. The van der Waals surface area contributed by atoms with Crippen molar-refractivity contribution in [3.63, 3.8) is 0 Å². The Labute approximate surface area is 172 Å². The average Bonchev–Trinajstić information content (AvgIpc) is 2.72. The number of benzene rings is 2. The second-order valence-corrected chi connectivity index (χ2v) is 8.44. The van der Waals surface area contributed by atoms with E-state index in [2.05, 4.69) is 5.32 Å². The number of nitrogens with zero attached hydrogens (tertiary/aromatic N) is 2. The van der Waals surface area contributed by atoms with E-state index in [0.717, 1.165) is 12.0 Å². The molecule has 0 aliphatic carbocycles. The maximum absolute atomic E-state index is 12.8. The summed E-state index contributed by atoms with van der Waals surface area (Å²) in [4.78, 5) is 14.5. The second kappa shape index (κ2) is 9.94. The summed E-state index contributed by atoms with van der Waals surface area (Å²) >= 11 is 0. The van der Waals surface area contributed by atoms with Crippen molar-refractivity contribution in [1.82, 2.24) is 4.90 Å². The van der Waals surface area contributed by atoms with Gasteiger partial charge < -0.3 is 14.4 Å². The highest BCUT2D eigenvalue weighted by Crippen LogP contribution is 2.19. The quantitative estimate of drug-likeness (QED) is 0.654. The summed E-state index contributed by atoms with van der Waals surface area (Å²) in [7, 11) is -3.58. The standard InChI is InChI=1S/C21H25N3O4S/c1-4-16(3)24(21(25)23-19-8-6-7-18(13-19)14-22)15-17-9-11-20(12-10-17)28-29(26,27)5-2/h6-13,16H,4-5,15H2,1-3H3,(H,23,25)/t16-/m0/s1. The molecule has 29 heavy (non-hydrogen) atoms. The maximum atomic E-state index is 12.8. The molecule has 0 spiro atoms. The number of hydrogen-bond donors (Lipinski definition) is 1. The van der Waals surface area contributed by atoms with Gasteiger partial charge in [0.05, 0.1) is 17.4 Å². The van der Waals surface area contributed by atoms with Gasteiger partial charge in [0.25, 0.3) is 0 Å². The van der Waals surface area contributed by atoms with Crippen molar-refractivity contribution >= 4 is 21.8 Å². The molecule has 0 saturated heterocycles. The van der Waals surface area contributed by atoms with Crippen molar-refractivity contribution in [2.24, 2.45) is 0 Å². The Morgan fingerprint density at radius 3 is 2.48 bits per heavy atom. The van der Waals surface area contributed by atoms with Crippen molar-refractivity contribution in [3.05, 3.63) is 59.7 Å². The molecule has 1 atom stereocenters. The van der Waals surface area contributed by atoms with Crippen LogP contribution in [-0.2, 0) is 16.7 Å². The zero-order valence-electron chi connectivity index (χ0n) is 16.8. The number of nitrogens with one attached hydrogen (secondary N) is 1. The number of rotatable bonds is 8. The van der Waals surface area contributed by atoms with Crippen molar-refractivity contribution in [3.8, 4) is 11.8 Å². The minimum Gasteiger partial charge on any atom is -0.382 e. The lowest BCUT2D eigenvalue weighted by atomic mass is 10.1. The van der Waals surface area contributed by atoms with Gasteiger partial charge in [-0.25, -0.2) is 4.79 Å². The summed E-state index contributed by atoms with van der Waals surface area (Å²) in [5.41, 5.74) is 1.86. The first-order valence-corrected chi connectivity index (χ1v) is 10.9. The molecule has 0 saturated carbocycles. The number of amides is 2. The lowest BCUT2D eigenvalue weighted by Gasteiger charge is -2.29. The van der Waals surface area contributed by atoms with Crippen LogP contribution in [0.2, 0.25) is 0 Å². The van der Waals surface area contributed by atoms with Crippen LogP contribution in [0, 0.1) is 11.3 Å². The summed E-state index contributed by atoms with van der Waals surface area (Å²) in [5.74, 6) is 0.132. The predicted molar refractivity (Wildman–Crippen MR) is 112 cm³/mol. The molecule has 1 N–H and O–H groups in total. The number of carbonyl (C=O) groups is 1. The molecule has 2 rings (SSSR count). The van der Waals surface area contributed by atoms with Gasteiger partial charge in [-0.15, -0.1) is 0 Å². The predicted octanol–water partition coefficient (Wildman–Crippen LogP) is 4.12. The van der Waals surface area contributed by atoms with E-state index in [0.29, 0.717) is 17.8 Å². The van der Waals surface area contributed by atoms with Gasteiger partial charge in [0.1, 0.15) is 5.75 Å². The zero-order valence-corrected chi connectivity index (χ0v) is 17.6. The van der Waals surface area contributed by atoms with Gasteiger partial charge in [0, 0.05) is 18.3 Å². The van der Waals surface area contributed by atoms with Gasteiger partial charge in [-0.1, -0.05) is 25.1 Å². The molecule has 0 unspecified atom stereocenters. The third kappa shape index (κ3) is 6.50. The molecule has 0 fully saturated rings. The molecule has 0 bridgehead atoms. The van der Waals surface area contributed by atoms with Crippen molar-refractivity contribution in [1.29, 1.82) is 5.26 Å². The number of carbonyl (C=O) groups excluding carboxylic acids is 1. The molecule has 0 radical (unpaired) electrons. The van der Waals surface area contributed by atoms with Crippen molar-refractivity contribution in [2.45, 2.75) is 39.8 Å². The number of anilines is 1. The Bertz CT molecular complexity index is 982. The highest BCUT2D eigenvalue weighted by atomic mass is 32.2. The van der Waals surface area contributed by atoms with E-state index in [9.17, 15) is 13.2 Å². The highest BCUT2D eigenvalue weighted by Gasteiger charge is 2.20. The first kappa shape index (κ1) is 22.2. The third-order valence-corrected chi connectivity index (χ3v) is 5.63. The SMILES string of the molecule is CC[C@H](C)N(Cc1ccc(OS(=O)(=O)CC)cc1)C(=O)Nc1cccc(C#N)c1. The Morgan fingerprint density at radius 2 is 1.90 bits per heavy atom. The zero-order chi connectivity index (χ0) is 21.4. The van der Waals surface area contributed by atoms with E-state index in [1.54, 1.807) is 53.4 Å². The van der Waals surface area contributed by atoms with E-state index < -0.39 is 10.1 Å². The van der Waals surface area contributed by atoms with E-state index in [-0.39, 0.29) is 23.6 Å². The largest absolute Gasteiger partial charge is 0.382 e. The monoisotopic (exact) mass is 415 g/mol. The van der Waals surface area contributed by atoms with Gasteiger partial charge in [-0.2, -0.15) is 13.7 Å². The van der Waals surface area contributed by atoms with Crippen molar-refractivity contribution in [2.75, 3.05) is 11.1 Å². The number of urea groups is 1. The fourth-order valence-corrected chi connectivity index (χ4v) is 3.08. The van der Waals surface area contributed by atoms with E-state index in [1.807, 2.05) is 19.9 Å². The minimum atomic E-state index is -3.58. The first-order valence-electron chi connectivity index (χ1n) is 9.36. The van der Waals surface area contributed by atoms with Gasteiger partial charge in [0.15, 0.2) is 0 Å². The molecule has 0 aliphatic rings. The molecular weight excluding hydrogens is 390 g/mol. The molecule has 0 aromatic heterocycles. The fraction of sp³-hybridized carbons (Fsp3) is 0.333. The average molecular weight is 416 g/mol. The summed E-state index contributed by atoms with van der Waals surface area (Å²) in [6, 6.07) is 15.1. The highest BCUT2D eigenvalue weighted by molar-refractivity contribution is 7.87. The van der Waals surface area contributed by atoms with Crippen LogP contribution in [-0.4, -0.2) is 31.1 Å². The number of hydrogen-bond acceptors (Lipinski definition) is 5. The fourth-order valence-electron chi connectivity index (χ4n) is 2.56. The Kier molecular flexibility index (Phi) is 7.62. The molecule has 8 heteroatoms. The van der Waals surface area contributed by atoms with Crippen LogP contribution in [0.15, 0.2) is 48.5 Å². The molecule has 7 nitrogen and oxygen atoms in total. The van der Waals surface area contributed by atoms with Crippen molar-refractivity contribution < 1.29 is 17.4 Å². The van der Waals surface area contributed by atoms with Gasteiger partial charge in [-0.05, 0) is 56.2 Å². The van der Waals surface area contributed by atoms with Crippen LogP contribution in [0.3, 0.4) is 0 Å². The lowest BCUT2D eigenvalue weighted by molar-refractivity contribution is 0.187. The Morgan fingerprint density at radius 1 is 1.21 bits per heavy atom. The summed E-state index contributed by atoms with van der Waals surface area (Å²) in [6.45, 7) is 5.81.